The molecule has 0 atom stereocenters. The number of nitrogens with two attached hydrogens (primary N) is 1. The molecule has 2 aromatic rings. The van der Waals surface area contributed by atoms with Crippen LogP contribution in [-0.2, 0) is 5.75 Å². The Morgan fingerprint density at radius 3 is 2.94 bits per heavy atom. The van der Waals surface area contributed by atoms with Gasteiger partial charge in [0.1, 0.15) is 6.26 Å². The van der Waals surface area contributed by atoms with Crippen molar-refractivity contribution in [3.63, 3.8) is 0 Å². The number of pyridine rings is 1. The second-order valence-corrected chi connectivity index (χ2v) is 4.48. The van der Waals surface area contributed by atoms with Gasteiger partial charge in [-0.15, -0.1) is 0 Å². The molecular formula is C11H12N4O2S. The van der Waals surface area contributed by atoms with Crippen molar-refractivity contribution in [1.29, 1.82) is 0 Å². The SMILES string of the molecule is Cc1coc(SCc2ccc(C(=O)NN)cn2)n1. The van der Waals surface area contributed by atoms with Gasteiger partial charge in [0, 0.05) is 11.9 Å². The van der Waals surface area contributed by atoms with E-state index in [1.54, 1.807) is 18.4 Å². The van der Waals surface area contributed by atoms with Gasteiger partial charge in [-0.3, -0.25) is 15.2 Å². The Morgan fingerprint density at radius 1 is 1.56 bits per heavy atom. The summed E-state index contributed by atoms with van der Waals surface area (Å²) in [6, 6.07) is 3.44. The van der Waals surface area contributed by atoms with Crippen LogP contribution < -0.4 is 11.3 Å². The van der Waals surface area contributed by atoms with Crippen LogP contribution in [0.2, 0.25) is 0 Å². The Hall–Kier alpha value is -1.86. The van der Waals surface area contributed by atoms with Crippen molar-refractivity contribution in [2.24, 2.45) is 5.84 Å². The molecule has 0 aromatic carbocycles. The van der Waals surface area contributed by atoms with Crippen LogP contribution in [0.1, 0.15) is 21.7 Å². The van der Waals surface area contributed by atoms with Gasteiger partial charge in [0.15, 0.2) is 0 Å². The fourth-order valence-corrected chi connectivity index (χ4v) is 2.03. The van der Waals surface area contributed by atoms with E-state index in [0.717, 1.165) is 11.4 Å². The predicted octanol–water partition coefficient (Wildman–Crippen LogP) is 1.27. The van der Waals surface area contributed by atoms with Gasteiger partial charge >= 0.3 is 0 Å². The van der Waals surface area contributed by atoms with E-state index >= 15 is 0 Å². The molecule has 0 saturated carbocycles. The molecule has 0 radical (unpaired) electrons. The molecule has 0 aliphatic heterocycles. The van der Waals surface area contributed by atoms with Crippen LogP contribution in [0.5, 0.6) is 0 Å². The van der Waals surface area contributed by atoms with Gasteiger partial charge in [-0.1, -0.05) is 11.8 Å². The summed E-state index contributed by atoms with van der Waals surface area (Å²) in [7, 11) is 0. The molecule has 2 aromatic heterocycles. The minimum Gasteiger partial charge on any atom is -0.440 e. The Balaban J connectivity index is 1.96. The van der Waals surface area contributed by atoms with Gasteiger partial charge in [0.05, 0.1) is 17.0 Å². The van der Waals surface area contributed by atoms with E-state index in [2.05, 4.69) is 15.4 Å². The molecule has 0 bridgehead atoms. The molecular weight excluding hydrogens is 252 g/mol. The molecule has 1 amide bonds. The van der Waals surface area contributed by atoms with E-state index in [1.807, 2.05) is 6.92 Å². The molecule has 0 aliphatic carbocycles. The maximum Gasteiger partial charge on any atom is 0.266 e. The molecule has 0 fully saturated rings. The zero-order chi connectivity index (χ0) is 13.0. The van der Waals surface area contributed by atoms with Crippen molar-refractivity contribution in [3.05, 3.63) is 41.5 Å². The molecule has 2 rings (SSSR count). The van der Waals surface area contributed by atoms with Crippen LogP contribution in [0.15, 0.2) is 34.2 Å². The normalized spacial score (nSPS) is 10.3. The average Bonchev–Trinajstić information content (AvgIpc) is 2.82. The summed E-state index contributed by atoms with van der Waals surface area (Å²) in [6.45, 7) is 1.87. The highest BCUT2D eigenvalue weighted by molar-refractivity contribution is 7.98. The third kappa shape index (κ3) is 3.08. The van der Waals surface area contributed by atoms with Crippen LogP contribution in [0, 0.1) is 6.92 Å². The first-order chi connectivity index (χ1) is 8.69. The summed E-state index contributed by atoms with van der Waals surface area (Å²) in [6.07, 6.45) is 3.09. The second kappa shape index (κ2) is 5.65. The number of oxazole rings is 1. The minimum atomic E-state index is -0.356. The standard InChI is InChI=1S/C11H12N4O2S/c1-7-5-17-11(14-7)18-6-9-3-2-8(4-13-9)10(16)15-12/h2-5H,6,12H2,1H3,(H,15,16). The maximum absolute atomic E-state index is 11.2. The third-order valence-corrected chi connectivity index (χ3v) is 3.03. The Labute approximate surface area is 108 Å². The number of hydrogen-bond acceptors (Lipinski definition) is 6. The number of nitrogens with one attached hydrogen (secondary N) is 1. The maximum atomic E-state index is 11.2. The molecule has 0 unspecified atom stereocenters. The van der Waals surface area contributed by atoms with Crippen LogP contribution >= 0.6 is 11.8 Å². The molecule has 94 valence electrons. The molecule has 18 heavy (non-hydrogen) atoms. The largest absolute Gasteiger partial charge is 0.440 e. The van der Waals surface area contributed by atoms with Crippen molar-refractivity contribution in [2.75, 3.05) is 0 Å². The lowest BCUT2D eigenvalue weighted by molar-refractivity contribution is 0.0953. The summed E-state index contributed by atoms with van der Waals surface area (Å²) >= 11 is 1.45. The fourth-order valence-electron chi connectivity index (χ4n) is 1.26. The summed E-state index contributed by atoms with van der Waals surface area (Å²) in [5, 5.41) is 0.609. The van der Waals surface area contributed by atoms with Crippen molar-refractivity contribution < 1.29 is 9.21 Å². The smallest absolute Gasteiger partial charge is 0.266 e. The summed E-state index contributed by atoms with van der Waals surface area (Å²) in [4.78, 5) is 19.5. The van der Waals surface area contributed by atoms with E-state index < -0.39 is 0 Å². The number of nitrogen functional groups attached to an aromatic ring is 1. The highest BCUT2D eigenvalue weighted by Crippen LogP contribution is 2.20. The summed E-state index contributed by atoms with van der Waals surface area (Å²) in [5.74, 6) is 5.30. The Morgan fingerprint density at radius 2 is 2.39 bits per heavy atom. The zero-order valence-corrected chi connectivity index (χ0v) is 10.5. The number of thioether (sulfide) groups is 1. The van der Waals surface area contributed by atoms with Crippen LogP contribution in [0.3, 0.4) is 0 Å². The molecule has 0 saturated heterocycles. The van der Waals surface area contributed by atoms with Crippen molar-refractivity contribution in [1.82, 2.24) is 15.4 Å². The minimum absolute atomic E-state index is 0.356. The number of carbonyl (C=O) groups is 1. The summed E-state index contributed by atoms with van der Waals surface area (Å²) < 4.78 is 5.21. The zero-order valence-electron chi connectivity index (χ0n) is 9.71. The number of rotatable bonds is 4. The first-order valence-electron chi connectivity index (χ1n) is 5.20. The van der Waals surface area contributed by atoms with Crippen molar-refractivity contribution in [3.8, 4) is 0 Å². The average molecular weight is 264 g/mol. The number of hydrogen-bond donors (Lipinski definition) is 2. The molecule has 0 aliphatic rings. The number of aromatic nitrogens is 2. The fraction of sp³-hybridized carbons (Fsp3) is 0.182. The number of nitrogens with zero attached hydrogens (tertiary/aromatic N) is 2. The molecule has 6 nitrogen and oxygen atoms in total. The molecule has 7 heteroatoms. The van der Waals surface area contributed by atoms with Gasteiger partial charge in [-0.2, -0.15) is 0 Å². The number of amides is 1. The van der Waals surface area contributed by atoms with E-state index in [-0.39, 0.29) is 5.91 Å². The Kier molecular flexibility index (Phi) is 3.96. The van der Waals surface area contributed by atoms with Gasteiger partial charge in [0.25, 0.3) is 11.1 Å². The first-order valence-corrected chi connectivity index (χ1v) is 6.18. The predicted molar refractivity (Wildman–Crippen MR) is 66.7 cm³/mol. The topological polar surface area (TPSA) is 94.0 Å². The van der Waals surface area contributed by atoms with Crippen LogP contribution in [0.25, 0.3) is 0 Å². The second-order valence-electron chi connectivity index (χ2n) is 3.56. The monoisotopic (exact) mass is 264 g/mol. The lowest BCUT2D eigenvalue weighted by atomic mass is 10.2. The van der Waals surface area contributed by atoms with Crippen LogP contribution in [-0.4, -0.2) is 15.9 Å². The van der Waals surface area contributed by atoms with E-state index in [9.17, 15) is 4.79 Å². The van der Waals surface area contributed by atoms with E-state index in [1.165, 1.54) is 18.0 Å². The summed E-state index contributed by atoms with van der Waals surface area (Å²) in [5.41, 5.74) is 4.17. The highest BCUT2D eigenvalue weighted by Gasteiger charge is 2.06. The Bertz CT molecular complexity index is 538. The van der Waals surface area contributed by atoms with Gasteiger partial charge in [-0.05, 0) is 19.1 Å². The van der Waals surface area contributed by atoms with Gasteiger partial charge in [0.2, 0.25) is 0 Å². The van der Waals surface area contributed by atoms with Crippen molar-refractivity contribution in [2.45, 2.75) is 17.9 Å². The van der Waals surface area contributed by atoms with Crippen molar-refractivity contribution >= 4 is 17.7 Å². The molecule has 2 heterocycles. The van der Waals surface area contributed by atoms with Crippen LogP contribution in [0.4, 0.5) is 0 Å². The number of carbonyl (C=O) groups excluding carboxylic acids is 1. The van der Waals surface area contributed by atoms with E-state index in [4.69, 9.17) is 10.3 Å². The molecule has 0 spiro atoms. The lowest BCUT2D eigenvalue weighted by Gasteiger charge is -2.01. The number of hydrazine groups is 1. The quantitative estimate of drug-likeness (QED) is 0.374. The lowest BCUT2D eigenvalue weighted by Crippen LogP contribution is -2.30. The highest BCUT2D eigenvalue weighted by atomic mass is 32.2. The van der Waals surface area contributed by atoms with Gasteiger partial charge < -0.3 is 4.42 Å². The number of aryl methyl sites for hydroxylation is 1. The first kappa shape index (κ1) is 12.6. The van der Waals surface area contributed by atoms with Gasteiger partial charge in [-0.25, -0.2) is 10.8 Å². The van der Waals surface area contributed by atoms with E-state index in [0.29, 0.717) is 16.5 Å². The molecule has 3 N–H and O–H groups in total. The third-order valence-electron chi connectivity index (χ3n) is 2.16.